The number of rotatable bonds is 16. The van der Waals surface area contributed by atoms with Crippen molar-refractivity contribution in [3.63, 3.8) is 0 Å². The SMILES string of the molecule is CCCCCCCCCCCCCCCCCC(I)I. The monoisotopic (exact) mass is 506 g/mol. The van der Waals surface area contributed by atoms with E-state index in [1.165, 1.54) is 103 Å². The van der Waals surface area contributed by atoms with Gasteiger partial charge in [0.1, 0.15) is 0 Å². The molecule has 0 aliphatic rings. The van der Waals surface area contributed by atoms with Crippen LogP contribution in [-0.2, 0) is 0 Å². The van der Waals surface area contributed by atoms with E-state index in [0.29, 0.717) is 0 Å². The molecule has 0 aliphatic heterocycles. The minimum absolute atomic E-state index is 0.840. The number of alkyl halides is 2. The molecule has 0 spiro atoms. The fourth-order valence-corrected chi connectivity index (χ4v) is 3.55. The van der Waals surface area contributed by atoms with E-state index < -0.39 is 0 Å². The summed E-state index contributed by atoms with van der Waals surface area (Å²) in [6.07, 6.45) is 23.4. The first-order valence-electron chi connectivity index (χ1n) is 9.05. The summed E-state index contributed by atoms with van der Waals surface area (Å²) in [6.45, 7) is 2.30. The molecule has 0 aliphatic carbocycles. The molecular formula is C18H36I2. The predicted molar refractivity (Wildman–Crippen MR) is 111 cm³/mol. The predicted octanol–water partition coefficient (Wildman–Crippen LogP) is 8.44. The summed E-state index contributed by atoms with van der Waals surface area (Å²) < 4.78 is 0.840. The smallest absolute Gasteiger partial charge is 0.0626 e. The summed E-state index contributed by atoms with van der Waals surface area (Å²) in [6, 6.07) is 0. The number of halogens is 2. The first-order chi connectivity index (χ1) is 9.77. The second-order valence-corrected chi connectivity index (χ2v) is 11.5. The van der Waals surface area contributed by atoms with E-state index in [4.69, 9.17) is 0 Å². The maximum atomic E-state index is 2.53. The zero-order valence-corrected chi connectivity index (χ0v) is 18.0. The molecule has 0 amide bonds. The fourth-order valence-electron chi connectivity index (χ4n) is 2.67. The highest BCUT2D eigenvalue weighted by Crippen LogP contribution is 2.19. The fraction of sp³-hybridized carbons (Fsp3) is 1.00. The molecule has 0 aromatic heterocycles. The average molecular weight is 506 g/mol. The lowest BCUT2D eigenvalue weighted by molar-refractivity contribution is 0.531. The van der Waals surface area contributed by atoms with Crippen LogP contribution in [0.3, 0.4) is 0 Å². The Hall–Kier alpha value is 1.46. The molecule has 0 saturated carbocycles. The highest BCUT2D eigenvalue weighted by molar-refractivity contribution is 14.2. The van der Waals surface area contributed by atoms with E-state index in [1.807, 2.05) is 0 Å². The maximum Gasteiger partial charge on any atom is 0.0626 e. The Morgan fingerprint density at radius 3 is 1.10 bits per heavy atom. The molecule has 0 nitrogen and oxygen atoms in total. The van der Waals surface area contributed by atoms with Crippen molar-refractivity contribution in [2.75, 3.05) is 0 Å². The van der Waals surface area contributed by atoms with Crippen LogP contribution in [0, 0.1) is 0 Å². The minimum Gasteiger partial charge on any atom is -0.0710 e. The van der Waals surface area contributed by atoms with Crippen LogP contribution < -0.4 is 0 Å². The third-order valence-corrected chi connectivity index (χ3v) is 5.27. The number of hydrogen-bond acceptors (Lipinski definition) is 0. The molecule has 0 fully saturated rings. The van der Waals surface area contributed by atoms with E-state index >= 15 is 0 Å². The van der Waals surface area contributed by atoms with Crippen LogP contribution in [0.15, 0.2) is 0 Å². The zero-order valence-electron chi connectivity index (χ0n) is 13.6. The highest BCUT2D eigenvalue weighted by Gasteiger charge is 1.97. The number of hydrogen-bond donors (Lipinski definition) is 0. The van der Waals surface area contributed by atoms with E-state index in [2.05, 4.69) is 52.1 Å². The molecule has 0 rings (SSSR count). The average Bonchev–Trinajstić information content (AvgIpc) is 2.43. The van der Waals surface area contributed by atoms with Gasteiger partial charge in [0.05, 0.1) is 1.93 Å². The van der Waals surface area contributed by atoms with Gasteiger partial charge in [-0.1, -0.05) is 148 Å². The Kier molecular flexibility index (Phi) is 19.9. The van der Waals surface area contributed by atoms with Gasteiger partial charge >= 0.3 is 0 Å². The third-order valence-electron chi connectivity index (χ3n) is 4.03. The van der Waals surface area contributed by atoms with Gasteiger partial charge in [-0.25, -0.2) is 0 Å². The van der Waals surface area contributed by atoms with Crippen molar-refractivity contribution in [2.24, 2.45) is 0 Å². The molecule has 0 aromatic carbocycles. The van der Waals surface area contributed by atoms with E-state index in [9.17, 15) is 0 Å². The largest absolute Gasteiger partial charge is 0.0710 e. The molecule has 20 heavy (non-hydrogen) atoms. The van der Waals surface area contributed by atoms with Crippen molar-refractivity contribution >= 4 is 45.2 Å². The molecule has 0 aromatic rings. The first-order valence-corrected chi connectivity index (χ1v) is 11.5. The first kappa shape index (κ1) is 21.5. The van der Waals surface area contributed by atoms with Gasteiger partial charge in [0, 0.05) is 0 Å². The zero-order chi connectivity index (χ0) is 14.9. The Labute approximate surface area is 155 Å². The Morgan fingerprint density at radius 2 is 0.800 bits per heavy atom. The topological polar surface area (TPSA) is 0 Å². The minimum atomic E-state index is 0.840. The van der Waals surface area contributed by atoms with Gasteiger partial charge in [0.25, 0.3) is 0 Å². The van der Waals surface area contributed by atoms with Crippen molar-refractivity contribution in [1.82, 2.24) is 0 Å². The Morgan fingerprint density at radius 1 is 0.500 bits per heavy atom. The lowest BCUT2D eigenvalue weighted by Gasteiger charge is -2.04. The van der Waals surface area contributed by atoms with E-state index in [0.717, 1.165) is 1.93 Å². The van der Waals surface area contributed by atoms with Crippen molar-refractivity contribution in [3.8, 4) is 0 Å². The van der Waals surface area contributed by atoms with Crippen LogP contribution in [0.25, 0.3) is 0 Å². The maximum absolute atomic E-state index is 2.53. The summed E-state index contributed by atoms with van der Waals surface area (Å²) in [7, 11) is 0. The van der Waals surface area contributed by atoms with Crippen LogP contribution >= 0.6 is 45.2 Å². The lowest BCUT2D eigenvalue weighted by Crippen LogP contribution is -1.86. The molecular weight excluding hydrogens is 470 g/mol. The van der Waals surface area contributed by atoms with E-state index in [1.54, 1.807) is 0 Å². The molecule has 0 atom stereocenters. The molecule has 0 N–H and O–H groups in total. The molecule has 2 heteroatoms. The van der Waals surface area contributed by atoms with Crippen LogP contribution in [0.2, 0.25) is 0 Å². The third kappa shape index (κ3) is 19.5. The van der Waals surface area contributed by atoms with Gasteiger partial charge < -0.3 is 0 Å². The van der Waals surface area contributed by atoms with Crippen LogP contribution in [0.4, 0.5) is 0 Å². The Bertz CT molecular complexity index is 169. The van der Waals surface area contributed by atoms with Crippen molar-refractivity contribution in [2.45, 2.75) is 112 Å². The summed E-state index contributed by atoms with van der Waals surface area (Å²) >= 11 is 5.06. The van der Waals surface area contributed by atoms with Gasteiger partial charge in [0.2, 0.25) is 0 Å². The molecule has 0 bridgehead atoms. The normalized spacial score (nSPS) is 11.4. The quantitative estimate of drug-likeness (QED) is 0.112. The molecule has 0 unspecified atom stereocenters. The number of unbranched alkanes of at least 4 members (excludes halogenated alkanes) is 14. The summed E-state index contributed by atoms with van der Waals surface area (Å²) in [5, 5.41) is 0. The van der Waals surface area contributed by atoms with Gasteiger partial charge in [-0.15, -0.1) is 0 Å². The second kappa shape index (κ2) is 18.5. The van der Waals surface area contributed by atoms with Crippen molar-refractivity contribution < 1.29 is 0 Å². The molecule has 122 valence electrons. The van der Waals surface area contributed by atoms with Crippen molar-refractivity contribution in [1.29, 1.82) is 0 Å². The van der Waals surface area contributed by atoms with Gasteiger partial charge in [-0.05, 0) is 6.42 Å². The van der Waals surface area contributed by atoms with Crippen LogP contribution in [0.1, 0.15) is 110 Å². The van der Waals surface area contributed by atoms with Crippen molar-refractivity contribution in [3.05, 3.63) is 0 Å². The summed E-state index contributed by atoms with van der Waals surface area (Å²) in [4.78, 5) is 0. The van der Waals surface area contributed by atoms with Gasteiger partial charge in [-0.2, -0.15) is 0 Å². The second-order valence-electron chi connectivity index (χ2n) is 6.13. The molecule has 0 heterocycles. The van der Waals surface area contributed by atoms with Gasteiger partial charge in [0.15, 0.2) is 0 Å². The molecule has 0 saturated heterocycles. The van der Waals surface area contributed by atoms with Crippen LogP contribution in [0.5, 0.6) is 0 Å². The van der Waals surface area contributed by atoms with Gasteiger partial charge in [-0.3, -0.25) is 0 Å². The molecule has 0 radical (unpaired) electrons. The highest BCUT2D eigenvalue weighted by atomic mass is 127. The summed E-state index contributed by atoms with van der Waals surface area (Å²) in [5.74, 6) is 0. The van der Waals surface area contributed by atoms with E-state index in [-0.39, 0.29) is 0 Å². The Balaban J connectivity index is 2.92. The summed E-state index contributed by atoms with van der Waals surface area (Å²) in [5.41, 5.74) is 0. The standard InChI is InChI=1S/C18H36I2/c1-2-3-4-5-6-7-8-9-10-11-12-13-14-15-16-17-18(19)20/h18H,2-17H2,1H3. The lowest BCUT2D eigenvalue weighted by atomic mass is 10.0. The van der Waals surface area contributed by atoms with Crippen LogP contribution in [-0.4, -0.2) is 1.93 Å².